The molecule has 1 rings (SSSR count). The predicted octanol–water partition coefficient (Wildman–Crippen LogP) is 1.89. The summed E-state index contributed by atoms with van der Waals surface area (Å²) in [5, 5.41) is 0. The van der Waals surface area contributed by atoms with Gasteiger partial charge in [-0.25, -0.2) is 9.79 Å². The van der Waals surface area contributed by atoms with Gasteiger partial charge in [-0.15, -0.1) is 0 Å². The third kappa shape index (κ3) is 2.61. The van der Waals surface area contributed by atoms with E-state index in [0.717, 1.165) is 22.6 Å². The Morgan fingerprint density at radius 1 is 1.31 bits per heavy atom. The number of carbonyl (C=O) groups excluding carboxylic acids is 1. The van der Waals surface area contributed by atoms with Gasteiger partial charge in [0.05, 0.1) is 20.8 Å². The molecule has 16 heavy (non-hydrogen) atoms. The highest BCUT2D eigenvalue weighted by molar-refractivity contribution is 5.49. The summed E-state index contributed by atoms with van der Waals surface area (Å²) in [5.41, 5.74) is 1.97. The lowest BCUT2D eigenvalue weighted by Gasteiger charge is -2.13. The Hall–Kier alpha value is -1.80. The smallest absolute Gasteiger partial charge is 0.234 e. The zero-order valence-electron chi connectivity index (χ0n) is 9.74. The van der Waals surface area contributed by atoms with Crippen molar-refractivity contribution in [2.45, 2.75) is 13.3 Å². The lowest BCUT2D eigenvalue weighted by atomic mass is 10.1. The van der Waals surface area contributed by atoms with E-state index in [0.29, 0.717) is 13.0 Å². The van der Waals surface area contributed by atoms with Crippen LogP contribution >= 0.6 is 0 Å². The van der Waals surface area contributed by atoms with Crippen molar-refractivity contribution in [3.05, 3.63) is 23.3 Å². The summed E-state index contributed by atoms with van der Waals surface area (Å²) in [6, 6.07) is 3.81. The maximum absolute atomic E-state index is 9.97. The van der Waals surface area contributed by atoms with Crippen molar-refractivity contribution in [1.82, 2.24) is 0 Å². The van der Waals surface area contributed by atoms with Crippen molar-refractivity contribution in [3.8, 4) is 11.5 Å². The summed E-state index contributed by atoms with van der Waals surface area (Å²) in [4.78, 5) is 13.5. The highest BCUT2D eigenvalue weighted by atomic mass is 16.5. The number of aliphatic imine (C=N–C) groups is 1. The molecule has 0 aliphatic rings. The van der Waals surface area contributed by atoms with Crippen molar-refractivity contribution in [2.24, 2.45) is 4.99 Å². The van der Waals surface area contributed by atoms with Gasteiger partial charge in [0.2, 0.25) is 6.08 Å². The van der Waals surface area contributed by atoms with Crippen LogP contribution in [-0.2, 0) is 11.2 Å². The molecule has 0 saturated carbocycles. The molecule has 0 aliphatic carbocycles. The molecule has 0 fully saturated rings. The Bertz CT molecular complexity index is 409. The second-order valence-corrected chi connectivity index (χ2v) is 3.31. The van der Waals surface area contributed by atoms with Crippen molar-refractivity contribution < 1.29 is 14.3 Å². The second-order valence-electron chi connectivity index (χ2n) is 3.31. The summed E-state index contributed by atoms with van der Waals surface area (Å²) in [7, 11) is 3.24. The van der Waals surface area contributed by atoms with E-state index >= 15 is 0 Å². The van der Waals surface area contributed by atoms with E-state index in [1.54, 1.807) is 14.2 Å². The fourth-order valence-electron chi connectivity index (χ4n) is 1.65. The van der Waals surface area contributed by atoms with Gasteiger partial charge in [0, 0.05) is 5.56 Å². The van der Waals surface area contributed by atoms with E-state index in [9.17, 15) is 4.79 Å². The highest BCUT2D eigenvalue weighted by Gasteiger charge is 2.10. The van der Waals surface area contributed by atoms with E-state index < -0.39 is 0 Å². The standard InChI is InChI=1S/C12H15NO3/c1-9-11(15-2)5-4-10(12(9)16-3)6-7-13-8-14/h4-5H,6-7H2,1-3H3. The first kappa shape index (κ1) is 12.3. The molecular formula is C12H15NO3. The molecule has 0 aliphatic heterocycles. The number of nitrogens with zero attached hydrogens (tertiary/aromatic N) is 1. The van der Waals surface area contributed by atoms with E-state index in [4.69, 9.17) is 9.47 Å². The molecule has 0 bridgehead atoms. The third-order valence-corrected chi connectivity index (χ3v) is 2.42. The lowest BCUT2D eigenvalue weighted by Crippen LogP contribution is -1.99. The summed E-state index contributed by atoms with van der Waals surface area (Å²) in [6.07, 6.45) is 2.18. The van der Waals surface area contributed by atoms with Crippen LogP contribution in [-0.4, -0.2) is 26.8 Å². The summed E-state index contributed by atoms with van der Waals surface area (Å²) in [6.45, 7) is 2.36. The number of methoxy groups -OCH3 is 2. The molecule has 1 aromatic carbocycles. The monoisotopic (exact) mass is 221 g/mol. The molecule has 0 N–H and O–H groups in total. The van der Waals surface area contributed by atoms with Crippen LogP contribution in [0.1, 0.15) is 11.1 Å². The van der Waals surface area contributed by atoms with Crippen molar-refractivity contribution >= 4 is 6.08 Å². The van der Waals surface area contributed by atoms with Gasteiger partial charge < -0.3 is 9.47 Å². The minimum absolute atomic E-state index is 0.422. The van der Waals surface area contributed by atoms with Gasteiger partial charge in [0.15, 0.2) is 0 Å². The molecule has 4 heteroatoms. The molecule has 0 amide bonds. The topological polar surface area (TPSA) is 47.9 Å². The van der Waals surface area contributed by atoms with Crippen LogP contribution in [0.3, 0.4) is 0 Å². The van der Waals surface area contributed by atoms with Crippen molar-refractivity contribution in [3.63, 3.8) is 0 Å². The van der Waals surface area contributed by atoms with E-state index in [1.807, 2.05) is 19.1 Å². The average Bonchev–Trinajstić information content (AvgIpc) is 2.30. The molecule has 86 valence electrons. The van der Waals surface area contributed by atoms with Gasteiger partial charge in [-0.05, 0) is 25.0 Å². The Balaban J connectivity index is 3.00. The molecule has 1 aromatic rings. The van der Waals surface area contributed by atoms with E-state index in [-0.39, 0.29) is 0 Å². The fourth-order valence-corrected chi connectivity index (χ4v) is 1.65. The van der Waals surface area contributed by atoms with Crippen molar-refractivity contribution in [2.75, 3.05) is 20.8 Å². The average molecular weight is 221 g/mol. The number of hydrogen-bond donors (Lipinski definition) is 0. The summed E-state index contributed by atoms with van der Waals surface area (Å²) >= 11 is 0. The number of benzene rings is 1. The first-order valence-corrected chi connectivity index (χ1v) is 4.98. The largest absolute Gasteiger partial charge is 0.496 e. The van der Waals surface area contributed by atoms with Crippen LogP contribution < -0.4 is 9.47 Å². The molecule has 0 aromatic heterocycles. The Morgan fingerprint density at radius 3 is 2.62 bits per heavy atom. The summed E-state index contributed by atoms with van der Waals surface area (Å²) in [5.74, 6) is 1.58. The first-order valence-electron chi connectivity index (χ1n) is 4.98. The molecule has 0 unspecified atom stereocenters. The minimum Gasteiger partial charge on any atom is -0.496 e. The second kappa shape index (κ2) is 5.93. The van der Waals surface area contributed by atoms with Crippen LogP contribution in [0.15, 0.2) is 17.1 Å². The van der Waals surface area contributed by atoms with Gasteiger partial charge in [-0.3, -0.25) is 0 Å². The molecule has 4 nitrogen and oxygen atoms in total. The van der Waals surface area contributed by atoms with Gasteiger partial charge in [0.1, 0.15) is 11.5 Å². The van der Waals surface area contributed by atoms with Gasteiger partial charge in [0.25, 0.3) is 0 Å². The van der Waals surface area contributed by atoms with Gasteiger partial charge >= 0.3 is 0 Å². The van der Waals surface area contributed by atoms with Crippen LogP contribution in [0, 0.1) is 6.92 Å². The van der Waals surface area contributed by atoms with Crippen molar-refractivity contribution in [1.29, 1.82) is 0 Å². The number of rotatable bonds is 5. The quantitative estimate of drug-likeness (QED) is 0.563. The van der Waals surface area contributed by atoms with Crippen LogP contribution in [0.2, 0.25) is 0 Å². The first-order chi connectivity index (χ1) is 7.74. The van der Waals surface area contributed by atoms with Crippen LogP contribution in [0.25, 0.3) is 0 Å². The molecule has 0 heterocycles. The molecule has 0 atom stereocenters. The summed E-state index contributed by atoms with van der Waals surface area (Å²) < 4.78 is 10.5. The van der Waals surface area contributed by atoms with E-state index in [1.165, 1.54) is 6.08 Å². The van der Waals surface area contributed by atoms with Crippen LogP contribution in [0.4, 0.5) is 0 Å². The predicted molar refractivity (Wildman–Crippen MR) is 61.0 cm³/mol. The Kier molecular flexibility index (Phi) is 4.55. The lowest BCUT2D eigenvalue weighted by molar-refractivity contribution is 0.385. The molecule has 0 radical (unpaired) electrons. The van der Waals surface area contributed by atoms with Crippen LogP contribution in [0.5, 0.6) is 11.5 Å². The Morgan fingerprint density at radius 2 is 2.06 bits per heavy atom. The fraction of sp³-hybridized carbons (Fsp3) is 0.417. The maximum Gasteiger partial charge on any atom is 0.234 e. The maximum atomic E-state index is 9.97. The van der Waals surface area contributed by atoms with Gasteiger partial charge in [-0.1, -0.05) is 6.07 Å². The zero-order valence-corrected chi connectivity index (χ0v) is 9.74. The van der Waals surface area contributed by atoms with Gasteiger partial charge in [-0.2, -0.15) is 0 Å². The number of hydrogen-bond acceptors (Lipinski definition) is 4. The molecule has 0 saturated heterocycles. The number of ether oxygens (including phenoxy) is 2. The Labute approximate surface area is 94.9 Å². The third-order valence-electron chi connectivity index (χ3n) is 2.42. The number of isocyanates is 1. The molecule has 0 spiro atoms. The SMILES string of the molecule is COc1ccc(CCN=C=O)c(OC)c1C. The highest BCUT2D eigenvalue weighted by Crippen LogP contribution is 2.31. The molecular weight excluding hydrogens is 206 g/mol. The normalized spacial score (nSPS) is 9.44. The minimum atomic E-state index is 0.422. The zero-order chi connectivity index (χ0) is 12.0. The van der Waals surface area contributed by atoms with E-state index in [2.05, 4.69) is 4.99 Å².